The van der Waals surface area contributed by atoms with Crippen LogP contribution in [0.4, 0.5) is 0 Å². The molecule has 0 unspecified atom stereocenters. The minimum absolute atomic E-state index is 0.0574. The molecule has 1 rings (SSSR count). The van der Waals surface area contributed by atoms with E-state index in [0.29, 0.717) is 6.42 Å². The van der Waals surface area contributed by atoms with Crippen LogP contribution in [0.15, 0.2) is 0 Å². The molecule has 0 aromatic carbocycles. The molecule has 0 aliphatic carbocycles. The highest BCUT2D eigenvalue weighted by Crippen LogP contribution is 2.30. The Kier molecular flexibility index (Phi) is 8.42. The third-order valence-electron chi connectivity index (χ3n) is 4.75. The first-order valence-electron chi connectivity index (χ1n) is 9.05. The predicted octanol–water partition coefficient (Wildman–Crippen LogP) is -0.811. The predicted molar refractivity (Wildman–Crippen MR) is 105 cm³/mol. The van der Waals surface area contributed by atoms with Gasteiger partial charge >= 0.3 is 5.97 Å². The Balaban J connectivity index is 3.04. The first-order valence-corrected chi connectivity index (χ1v) is 13.0. The van der Waals surface area contributed by atoms with E-state index in [-0.39, 0.29) is 45.1 Å². The van der Waals surface area contributed by atoms with Crippen molar-refractivity contribution in [2.24, 2.45) is 11.3 Å². The normalized spacial score (nSPS) is 18.8. The number of nitrogens with zero attached hydrogens (tertiary/aromatic N) is 2. The van der Waals surface area contributed by atoms with E-state index in [0.717, 1.165) is 12.5 Å². The fraction of sp³-hybridized carbons (Fsp3) is 0.875. The van der Waals surface area contributed by atoms with Gasteiger partial charge in [0.2, 0.25) is 15.9 Å². The van der Waals surface area contributed by atoms with Gasteiger partial charge in [-0.05, 0) is 18.8 Å². The van der Waals surface area contributed by atoms with Crippen LogP contribution in [-0.2, 0) is 29.4 Å². The van der Waals surface area contributed by atoms with Crippen molar-refractivity contribution in [2.75, 3.05) is 51.1 Å². The highest BCUT2D eigenvalue weighted by atomic mass is 32.2. The maximum Gasteiger partial charge on any atom is 0.320 e. The average molecular weight is 442 g/mol. The molecule has 1 aliphatic heterocycles. The molecule has 1 heterocycles. The lowest BCUT2D eigenvalue weighted by Gasteiger charge is -2.39. The van der Waals surface area contributed by atoms with Gasteiger partial charge in [-0.15, -0.1) is 0 Å². The number of nitrogens with one attached hydrogen (secondary N) is 1. The SMILES string of the molecule is CC(C)CC[C@@](CNCS(C)(=O)=O)(C(=O)O)C(=O)N1CCN(S(C)(=O)=O)CC1. The van der Waals surface area contributed by atoms with Crippen LogP contribution in [0, 0.1) is 11.3 Å². The molecule has 2 N–H and O–H groups in total. The third-order valence-corrected chi connectivity index (χ3v) is 6.78. The summed E-state index contributed by atoms with van der Waals surface area (Å²) in [6, 6.07) is 0. The van der Waals surface area contributed by atoms with Crippen LogP contribution in [0.25, 0.3) is 0 Å². The second kappa shape index (κ2) is 9.51. The molecule has 1 atom stereocenters. The topological polar surface area (TPSA) is 141 Å². The van der Waals surface area contributed by atoms with Crippen molar-refractivity contribution in [1.82, 2.24) is 14.5 Å². The number of carbonyl (C=O) groups excluding carboxylic acids is 1. The molecular weight excluding hydrogens is 410 g/mol. The number of hydrogen-bond acceptors (Lipinski definition) is 7. The van der Waals surface area contributed by atoms with Crippen LogP contribution >= 0.6 is 0 Å². The van der Waals surface area contributed by atoms with E-state index in [4.69, 9.17) is 0 Å². The summed E-state index contributed by atoms with van der Waals surface area (Å²) in [5.41, 5.74) is -1.80. The Hall–Kier alpha value is -1.24. The van der Waals surface area contributed by atoms with Gasteiger partial charge in [-0.3, -0.25) is 9.59 Å². The van der Waals surface area contributed by atoms with Crippen molar-refractivity contribution in [2.45, 2.75) is 26.7 Å². The molecule has 1 saturated heterocycles. The average Bonchev–Trinajstić information content (AvgIpc) is 2.55. The van der Waals surface area contributed by atoms with Gasteiger partial charge in [-0.1, -0.05) is 13.8 Å². The number of amides is 1. The number of piperazine rings is 1. The minimum Gasteiger partial charge on any atom is -0.480 e. The number of carbonyl (C=O) groups is 2. The number of carboxylic acids is 1. The van der Waals surface area contributed by atoms with Gasteiger partial charge in [0.05, 0.1) is 12.1 Å². The minimum atomic E-state index is -3.38. The molecule has 0 bridgehead atoms. The van der Waals surface area contributed by atoms with Crippen molar-refractivity contribution in [1.29, 1.82) is 0 Å². The maximum atomic E-state index is 13.2. The Morgan fingerprint density at radius 1 is 1.07 bits per heavy atom. The molecule has 1 amide bonds. The lowest BCUT2D eigenvalue weighted by Crippen LogP contribution is -2.58. The van der Waals surface area contributed by atoms with Gasteiger partial charge in [-0.2, -0.15) is 4.31 Å². The molecule has 10 nitrogen and oxygen atoms in total. The standard InChI is InChI=1S/C16H31N3O7S2/c1-13(2)5-6-16(15(21)22,11-17-12-27(3,23)24)14(20)18-7-9-19(10-8-18)28(4,25)26/h13,17H,5-12H2,1-4H3,(H,21,22)/t16-/m0/s1. The van der Waals surface area contributed by atoms with Crippen molar-refractivity contribution in [3.8, 4) is 0 Å². The zero-order chi connectivity index (χ0) is 21.8. The molecule has 0 radical (unpaired) electrons. The number of hydrogen-bond donors (Lipinski definition) is 2. The summed E-state index contributed by atoms with van der Waals surface area (Å²) in [6.45, 7) is 3.89. The van der Waals surface area contributed by atoms with Gasteiger partial charge in [0.1, 0.15) is 0 Å². The van der Waals surface area contributed by atoms with E-state index in [1.807, 2.05) is 13.8 Å². The summed E-state index contributed by atoms with van der Waals surface area (Å²) in [6.07, 6.45) is 2.64. The summed E-state index contributed by atoms with van der Waals surface area (Å²) < 4.78 is 47.3. The van der Waals surface area contributed by atoms with Crippen molar-refractivity contribution < 1.29 is 31.5 Å². The second-order valence-corrected chi connectivity index (χ2v) is 11.9. The quantitative estimate of drug-likeness (QED) is 0.419. The number of sulfonamides is 1. The van der Waals surface area contributed by atoms with Crippen LogP contribution in [-0.4, -0.2) is 94.1 Å². The molecule has 28 heavy (non-hydrogen) atoms. The highest BCUT2D eigenvalue weighted by Gasteiger charge is 2.48. The summed E-state index contributed by atoms with van der Waals surface area (Å²) in [4.78, 5) is 26.7. The zero-order valence-corrected chi connectivity index (χ0v) is 18.5. The van der Waals surface area contributed by atoms with Gasteiger partial charge in [-0.25, -0.2) is 16.8 Å². The molecule has 164 valence electrons. The van der Waals surface area contributed by atoms with Gasteiger partial charge in [0.25, 0.3) is 0 Å². The summed E-state index contributed by atoms with van der Waals surface area (Å²) in [5, 5.41) is 12.5. The summed E-state index contributed by atoms with van der Waals surface area (Å²) >= 11 is 0. The van der Waals surface area contributed by atoms with Crippen LogP contribution in [0.1, 0.15) is 26.7 Å². The smallest absolute Gasteiger partial charge is 0.320 e. The largest absolute Gasteiger partial charge is 0.480 e. The fourth-order valence-corrected chi connectivity index (χ4v) is 4.35. The molecule has 0 aromatic rings. The second-order valence-electron chi connectivity index (χ2n) is 7.77. The van der Waals surface area contributed by atoms with Crippen molar-refractivity contribution >= 4 is 31.7 Å². The van der Waals surface area contributed by atoms with E-state index in [2.05, 4.69) is 5.32 Å². The van der Waals surface area contributed by atoms with Gasteiger partial charge in [0.15, 0.2) is 15.3 Å². The van der Waals surface area contributed by atoms with Crippen molar-refractivity contribution in [3.05, 3.63) is 0 Å². The first kappa shape index (κ1) is 24.8. The first-order chi connectivity index (χ1) is 12.7. The molecule has 0 aromatic heterocycles. The molecular formula is C16H31N3O7S2. The third kappa shape index (κ3) is 6.98. The molecule has 0 spiro atoms. The summed E-state index contributed by atoms with van der Waals surface area (Å²) in [5.74, 6) is -2.21. The fourth-order valence-electron chi connectivity index (χ4n) is 3.06. The Morgan fingerprint density at radius 3 is 2.00 bits per heavy atom. The van der Waals surface area contributed by atoms with E-state index >= 15 is 0 Å². The number of aliphatic carboxylic acids is 1. The summed E-state index contributed by atoms with van der Waals surface area (Å²) in [7, 11) is -6.76. The Morgan fingerprint density at radius 2 is 1.61 bits per heavy atom. The lowest BCUT2D eigenvalue weighted by atomic mass is 9.79. The molecule has 1 fully saturated rings. The van der Waals surface area contributed by atoms with Gasteiger partial charge in [0, 0.05) is 39.0 Å². The zero-order valence-electron chi connectivity index (χ0n) is 16.8. The molecule has 0 saturated carbocycles. The van der Waals surface area contributed by atoms with E-state index in [9.17, 15) is 31.5 Å². The molecule has 1 aliphatic rings. The highest BCUT2D eigenvalue weighted by molar-refractivity contribution is 7.90. The Labute approximate surface area is 167 Å². The molecule has 12 heteroatoms. The lowest BCUT2D eigenvalue weighted by molar-refractivity contribution is -0.162. The number of rotatable bonds is 10. The van der Waals surface area contributed by atoms with E-state index < -0.39 is 43.0 Å². The maximum absolute atomic E-state index is 13.2. The van der Waals surface area contributed by atoms with E-state index in [1.54, 1.807) is 0 Å². The van der Waals surface area contributed by atoms with Crippen LogP contribution in [0.5, 0.6) is 0 Å². The van der Waals surface area contributed by atoms with Gasteiger partial charge < -0.3 is 15.3 Å². The number of sulfone groups is 1. The van der Waals surface area contributed by atoms with Crippen molar-refractivity contribution in [3.63, 3.8) is 0 Å². The van der Waals surface area contributed by atoms with Crippen LogP contribution in [0.3, 0.4) is 0 Å². The van der Waals surface area contributed by atoms with E-state index in [1.165, 1.54) is 9.21 Å². The monoisotopic (exact) mass is 441 g/mol. The van der Waals surface area contributed by atoms with Crippen LogP contribution in [0.2, 0.25) is 0 Å². The number of carboxylic acid groups (broad SMARTS) is 1. The Bertz CT molecular complexity index is 772. The van der Waals surface area contributed by atoms with Crippen LogP contribution < -0.4 is 5.32 Å².